The minimum atomic E-state index is -0.843. The Labute approximate surface area is 91.1 Å². The van der Waals surface area contributed by atoms with E-state index in [1.54, 1.807) is 19.9 Å². The highest BCUT2D eigenvalue weighted by atomic mass is 16.5. The van der Waals surface area contributed by atoms with Gasteiger partial charge in [-0.25, -0.2) is 0 Å². The van der Waals surface area contributed by atoms with Gasteiger partial charge in [-0.2, -0.15) is 0 Å². The SMILES string of the molecule is C=CC(C)C1(C)COC(=O)C(C)(C)C1O. The van der Waals surface area contributed by atoms with E-state index in [1.807, 2.05) is 13.8 Å². The molecule has 86 valence electrons. The quantitative estimate of drug-likeness (QED) is 0.560. The van der Waals surface area contributed by atoms with Crippen molar-refractivity contribution in [2.24, 2.45) is 16.7 Å². The smallest absolute Gasteiger partial charge is 0.314 e. The summed E-state index contributed by atoms with van der Waals surface area (Å²) in [6.07, 6.45) is 1.08. The molecule has 1 saturated heterocycles. The van der Waals surface area contributed by atoms with E-state index in [9.17, 15) is 9.90 Å². The van der Waals surface area contributed by atoms with Gasteiger partial charge in [0.25, 0.3) is 0 Å². The van der Waals surface area contributed by atoms with Gasteiger partial charge < -0.3 is 9.84 Å². The number of aliphatic hydroxyl groups is 1. The molecule has 0 spiro atoms. The number of hydrogen-bond donors (Lipinski definition) is 1. The normalized spacial score (nSPS) is 36.9. The molecule has 1 aliphatic rings. The minimum Gasteiger partial charge on any atom is -0.465 e. The molecule has 15 heavy (non-hydrogen) atoms. The lowest BCUT2D eigenvalue weighted by atomic mass is 9.64. The van der Waals surface area contributed by atoms with E-state index in [-0.39, 0.29) is 18.5 Å². The number of carbonyl (C=O) groups excluding carboxylic acids is 1. The van der Waals surface area contributed by atoms with Gasteiger partial charge in [0.2, 0.25) is 0 Å². The molecule has 3 unspecified atom stereocenters. The Hall–Kier alpha value is -0.830. The van der Waals surface area contributed by atoms with Crippen LogP contribution >= 0.6 is 0 Å². The molecule has 0 bridgehead atoms. The molecule has 0 aliphatic carbocycles. The summed E-state index contributed by atoms with van der Waals surface area (Å²) < 4.78 is 5.16. The molecule has 0 amide bonds. The molecule has 3 atom stereocenters. The number of esters is 1. The highest BCUT2D eigenvalue weighted by Gasteiger charge is 2.54. The monoisotopic (exact) mass is 212 g/mol. The molecule has 0 radical (unpaired) electrons. The van der Waals surface area contributed by atoms with Crippen LogP contribution in [-0.2, 0) is 9.53 Å². The molecule has 1 heterocycles. The summed E-state index contributed by atoms with van der Waals surface area (Å²) in [5, 5.41) is 10.3. The third kappa shape index (κ3) is 1.69. The van der Waals surface area contributed by atoms with Crippen molar-refractivity contribution < 1.29 is 14.6 Å². The van der Waals surface area contributed by atoms with Gasteiger partial charge in [-0.05, 0) is 19.8 Å². The predicted octanol–water partition coefficient (Wildman–Crippen LogP) is 1.76. The molecule has 0 aromatic carbocycles. The zero-order chi connectivity index (χ0) is 11.9. The van der Waals surface area contributed by atoms with Gasteiger partial charge in [0, 0.05) is 5.41 Å². The van der Waals surface area contributed by atoms with Crippen LogP contribution in [0, 0.1) is 16.7 Å². The first-order valence-corrected chi connectivity index (χ1v) is 5.24. The zero-order valence-electron chi connectivity index (χ0n) is 9.91. The van der Waals surface area contributed by atoms with Crippen LogP contribution in [0.3, 0.4) is 0 Å². The number of allylic oxidation sites excluding steroid dienone is 1. The predicted molar refractivity (Wildman–Crippen MR) is 58.2 cm³/mol. The van der Waals surface area contributed by atoms with Gasteiger partial charge in [-0.1, -0.05) is 19.9 Å². The summed E-state index contributed by atoms with van der Waals surface area (Å²) >= 11 is 0. The van der Waals surface area contributed by atoms with E-state index >= 15 is 0 Å². The number of aliphatic hydroxyl groups excluding tert-OH is 1. The molecular weight excluding hydrogens is 192 g/mol. The van der Waals surface area contributed by atoms with Crippen LogP contribution in [0.4, 0.5) is 0 Å². The fraction of sp³-hybridized carbons (Fsp3) is 0.750. The Balaban J connectivity index is 3.05. The van der Waals surface area contributed by atoms with Crippen molar-refractivity contribution in [3.63, 3.8) is 0 Å². The standard InChI is InChI=1S/C12H20O3/c1-6-8(2)12(5)7-15-10(14)11(3,4)9(12)13/h6,8-9,13H,1,7H2,2-5H3. The van der Waals surface area contributed by atoms with Crippen molar-refractivity contribution in [3.8, 4) is 0 Å². The van der Waals surface area contributed by atoms with E-state index in [0.29, 0.717) is 0 Å². The Kier molecular flexibility index (Phi) is 2.97. The number of ether oxygens (including phenoxy) is 1. The maximum absolute atomic E-state index is 11.5. The van der Waals surface area contributed by atoms with Gasteiger partial charge in [0.15, 0.2) is 0 Å². The van der Waals surface area contributed by atoms with E-state index in [2.05, 4.69) is 6.58 Å². The van der Waals surface area contributed by atoms with Crippen LogP contribution in [-0.4, -0.2) is 23.8 Å². The molecule has 3 heteroatoms. The highest BCUT2D eigenvalue weighted by Crippen LogP contribution is 2.44. The van der Waals surface area contributed by atoms with E-state index in [4.69, 9.17) is 4.74 Å². The summed E-state index contributed by atoms with van der Waals surface area (Å²) in [7, 11) is 0. The average Bonchev–Trinajstić information content (AvgIpc) is 2.20. The third-order valence-corrected chi connectivity index (χ3v) is 3.74. The van der Waals surface area contributed by atoms with Crippen LogP contribution in [0.2, 0.25) is 0 Å². The van der Waals surface area contributed by atoms with Crippen LogP contribution in [0.15, 0.2) is 12.7 Å². The summed E-state index contributed by atoms with van der Waals surface area (Å²) in [6.45, 7) is 11.3. The molecule has 3 nitrogen and oxygen atoms in total. The summed E-state index contributed by atoms with van der Waals surface area (Å²) in [4.78, 5) is 11.5. The minimum absolute atomic E-state index is 0.0971. The highest BCUT2D eigenvalue weighted by molar-refractivity contribution is 5.77. The van der Waals surface area contributed by atoms with Crippen molar-refractivity contribution in [2.45, 2.75) is 33.8 Å². The second-order valence-electron chi connectivity index (χ2n) is 5.23. The first kappa shape index (κ1) is 12.2. The lowest BCUT2D eigenvalue weighted by molar-refractivity contribution is -0.197. The van der Waals surface area contributed by atoms with E-state index in [0.717, 1.165) is 0 Å². The number of cyclic esters (lactones) is 1. The third-order valence-electron chi connectivity index (χ3n) is 3.74. The van der Waals surface area contributed by atoms with Crippen molar-refractivity contribution in [1.82, 2.24) is 0 Å². The van der Waals surface area contributed by atoms with Gasteiger partial charge in [0.1, 0.15) is 0 Å². The maximum atomic E-state index is 11.5. The molecule has 1 rings (SSSR count). The molecule has 0 aromatic rings. The van der Waals surface area contributed by atoms with Crippen molar-refractivity contribution in [2.75, 3.05) is 6.61 Å². The Morgan fingerprint density at radius 1 is 1.60 bits per heavy atom. The lowest BCUT2D eigenvalue weighted by Gasteiger charge is -2.48. The molecule has 1 aliphatic heterocycles. The van der Waals surface area contributed by atoms with Gasteiger partial charge in [-0.3, -0.25) is 4.79 Å². The van der Waals surface area contributed by atoms with Crippen molar-refractivity contribution >= 4 is 5.97 Å². The summed E-state index contributed by atoms with van der Waals surface area (Å²) in [6, 6.07) is 0. The van der Waals surface area contributed by atoms with Gasteiger partial charge >= 0.3 is 5.97 Å². The first-order chi connectivity index (χ1) is 6.76. The van der Waals surface area contributed by atoms with Gasteiger partial charge in [0.05, 0.1) is 18.1 Å². The molecule has 1 N–H and O–H groups in total. The Bertz CT molecular complexity index is 283. The number of rotatable bonds is 2. The second-order valence-corrected chi connectivity index (χ2v) is 5.23. The lowest BCUT2D eigenvalue weighted by Crippen LogP contribution is -2.57. The second kappa shape index (κ2) is 3.63. The average molecular weight is 212 g/mol. The Morgan fingerprint density at radius 3 is 2.60 bits per heavy atom. The van der Waals surface area contributed by atoms with Crippen LogP contribution in [0.5, 0.6) is 0 Å². The maximum Gasteiger partial charge on any atom is 0.314 e. The molecule has 0 aromatic heterocycles. The molecule has 1 fully saturated rings. The Morgan fingerprint density at radius 2 is 2.13 bits per heavy atom. The summed E-state index contributed by atoms with van der Waals surface area (Å²) in [5.41, 5.74) is -1.29. The van der Waals surface area contributed by atoms with Gasteiger partial charge in [-0.15, -0.1) is 6.58 Å². The van der Waals surface area contributed by atoms with Crippen molar-refractivity contribution in [3.05, 3.63) is 12.7 Å². The molecular formula is C12H20O3. The zero-order valence-corrected chi connectivity index (χ0v) is 9.91. The van der Waals surface area contributed by atoms with Crippen LogP contribution in [0.1, 0.15) is 27.7 Å². The van der Waals surface area contributed by atoms with Crippen molar-refractivity contribution in [1.29, 1.82) is 0 Å². The summed E-state index contributed by atoms with van der Waals surface area (Å²) in [5.74, 6) is -0.233. The fourth-order valence-corrected chi connectivity index (χ4v) is 2.07. The topological polar surface area (TPSA) is 46.5 Å². The number of hydrogen-bond acceptors (Lipinski definition) is 3. The van der Waals surface area contributed by atoms with E-state index in [1.165, 1.54) is 0 Å². The molecule has 0 saturated carbocycles. The van der Waals surface area contributed by atoms with Crippen LogP contribution in [0.25, 0.3) is 0 Å². The largest absolute Gasteiger partial charge is 0.465 e. The first-order valence-electron chi connectivity index (χ1n) is 5.24. The number of carbonyl (C=O) groups is 1. The fourth-order valence-electron chi connectivity index (χ4n) is 2.07. The van der Waals surface area contributed by atoms with E-state index < -0.39 is 16.9 Å². The van der Waals surface area contributed by atoms with Crippen LogP contribution < -0.4 is 0 Å².